The molecule has 0 aliphatic carbocycles. The summed E-state index contributed by atoms with van der Waals surface area (Å²) in [7, 11) is 0. The highest BCUT2D eigenvalue weighted by molar-refractivity contribution is 6.04. The molecule has 2 aliphatic rings. The predicted octanol–water partition coefficient (Wildman–Crippen LogP) is -0.0771. The van der Waals surface area contributed by atoms with E-state index in [1.165, 1.54) is 4.90 Å². The highest BCUT2D eigenvalue weighted by atomic mass is 16.5. The number of amides is 2. The molecule has 2 heterocycles. The summed E-state index contributed by atoms with van der Waals surface area (Å²) >= 11 is 0. The minimum absolute atomic E-state index is 0.152. The Morgan fingerprint density at radius 3 is 2.50 bits per heavy atom. The summed E-state index contributed by atoms with van der Waals surface area (Å²) in [5, 5.41) is 9.52. The van der Waals surface area contributed by atoms with E-state index in [1.54, 1.807) is 6.92 Å². The first kappa shape index (κ1) is 11.5. The van der Waals surface area contributed by atoms with Crippen LogP contribution in [0, 0.1) is 5.92 Å². The van der Waals surface area contributed by atoms with E-state index >= 15 is 0 Å². The van der Waals surface area contributed by atoms with Crippen molar-refractivity contribution in [3.63, 3.8) is 0 Å². The second kappa shape index (κ2) is 4.14. The van der Waals surface area contributed by atoms with Gasteiger partial charge >= 0.3 is 0 Å². The summed E-state index contributed by atoms with van der Waals surface area (Å²) < 4.78 is 5.22. The molecular formula is C11H17NO4. The maximum absolute atomic E-state index is 11.9. The van der Waals surface area contributed by atoms with Gasteiger partial charge in [-0.1, -0.05) is 6.92 Å². The summed E-state index contributed by atoms with van der Waals surface area (Å²) in [5.41, 5.74) is -0.711. The molecule has 2 aliphatic heterocycles. The van der Waals surface area contributed by atoms with Crippen LogP contribution in [0.25, 0.3) is 0 Å². The lowest BCUT2D eigenvalue weighted by Gasteiger charge is -2.41. The number of nitrogens with zero attached hydrogens (tertiary/aromatic N) is 1. The molecule has 1 N–H and O–H groups in total. The van der Waals surface area contributed by atoms with E-state index in [0.29, 0.717) is 26.1 Å². The van der Waals surface area contributed by atoms with Crippen molar-refractivity contribution in [2.45, 2.75) is 31.7 Å². The van der Waals surface area contributed by atoms with Gasteiger partial charge in [-0.05, 0) is 12.8 Å². The number of aliphatic hydroxyl groups excluding tert-OH is 1. The Morgan fingerprint density at radius 2 is 2.06 bits per heavy atom. The van der Waals surface area contributed by atoms with Crippen molar-refractivity contribution in [3.8, 4) is 0 Å². The maximum atomic E-state index is 11.9. The van der Waals surface area contributed by atoms with Crippen molar-refractivity contribution < 1.29 is 19.4 Å². The van der Waals surface area contributed by atoms with Crippen LogP contribution in [-0.4, -0.2) is 47.2 Å². The zero-order valence-corrected chi connectivity index (χ0v) is 9.44. The average molecular weight is 227 g/mol. The van der Waals surface area contributed by atoms with Crippen LogP contribution in [0.2, 0.25) is 0 Å². The molecule has 0 aromatic heterocycles. The van der Waals surface area contributed by atoms with Crippen molar-refractivity contribution in [2.24, 2.45) is 5.92 Å². The van der Waals surface area contributed by atoms with Gasteiger partial charge in [0.25, 0.3) is 0 Å². The first-order valence-corrected chi connectivity index (χ1v) is 5.66. The van der Waals surface area contributed by atoms with E-state index in [9.17, 15) is 14.7 Å². The quantitative estimate of drug-likeness (QED) is 0.670. The topological polar surface area (TPSA) is 66.8 Å². The van der Waals surface area contributed by atoms with Crippen molar-refractivity contribution in [1.82, 2.24) is 4.90 Å². The van der Waals surface area contributed by atoms with E-state index in [2.05, 4.69) is 0 Å². The van der Waals surface area contributed by atoms with Crippen LogP contribution in [0.3, 0.4) is 0 Å². The molecule has 5 nitrogen and oxygen atoms in total. The molecule has 0 aromatic rings. The SMILES string of the molecule is CC1CC(=O)N(C2(CO)CCOCC2)C1=O. The molecule has 2 amide bonds. The molecule has 5 heteroatoms. The van der Waals surface area contributed by atoms with Gasteiger partial charge in [0, 0.05) is 25.6 Å². The minimum atomic E-state index is -0.711. The fourth-order valence-electron chi connectivity index (χ4n) is 2.49. The maximum Gasteiger partial charge on any atom is 0.233 e. The van der Waals surface area contributed by atoms with Crippen molar-refractivity contribution >= 4 is 11.8 Å². The van der Waals surface area contributed by atoms with Crippen molar-refractivity contribution in [3.05, 3.63) is 0 Å². The number of imide groups is 1. The van der Waals surface area contributed by atoms with Crippen molar-refractivity contribution in [2.75, 3.05) is 19.8 Å². The summed E-state index contributed by atoms with van der Waals surface area (Å²) in [4.78, 5) is 25.0. The molecule has 1 atom stereocenters. The van der Waals surface area contributed by atoms with E-state index in [1.807, 2.05) is 0 Å². The van der Waals surface area contributed by atoms with Crippen LogP contribution in [0.1, 0.15) is 26.2 Å². The molecule has 0 spiro atoms. The van der Waals surface area contributed by atoms with Crippen LogP contribution in [0.5, 0.6) is 0 Å². The summed E-state index contributed by atoms with van der Waals surface area (Å²) in [6.45, 7) is 2.57. The first-order valence-electron chi connectivity index (χ1n) is 5.66. The van der Waals surface area contributed by atoms with Crippen LogP contribution in [-0.2, 0) is 14.3 Å². The summed E-state index contributed by atoms with van der Waals surface area (Å²) in [6.07, 6.45) is 1.34. The average Bonchev–Trinajstić information content (AvgIpc) is 2.54. The summed E-state index contributed by atoms with van der Waals surface area (Å²) in [5.74, 6) is -0.562. The Morgan fingerprint density at radius 1 is 1.44 bits per heavy atom. The van der Waals surface area contributed by atoms with E-state index in [4.69, 9.17) is 4.74 Å². The van der Waals surface area contributed by atoms with Gasteiger partial charge in [-0.3, -0.25) is 14.5 Å². The molecule has 0 aromatic carbocycles. The third-order valence-electron chi connectivity index (χ3n) is 3.56. The Kier molecular flexibility index (Phi) is 2.99. The number of carbonyl (C=O) groups is 2. The number of carbonyl (C=O) groups excluding carboxylic acids is 2. The monoisotopic (exact) mass is 227 g/mol. The lowest BCUT2D eigenvalue weighted by Crippen LogP contribution is -2.57. The molecule has 2 rings (SSSR count). The van der Waals surface area contributed by atoms with Crippen LogP contribution < -0.4 is 0 Å². The van der Waals surface area contributed by atoms with Crippen LogP contribution in [0.4, 0.5) is 0 Å². The minimum Gasteiger partial charge on any atom is -0.394 e. The molecule has 16 heavy (non-hydrogen) atoms. The number of hydrogen-bond donors (Lipinski definition) is 1. The third-order valence-corrected chi connectivity index (χ3v) is 3.56. The highest BCUT2D eigenvalue weighted by Gasteiger charge is 2.49. The molecular weight excluding hydrogens is 210 g/mol. The highest BCUT2D eigenvalue weighted by Crippen LogP contribution is 2.34. The Bertz CT molecular complexity index is 309. The van der Waals surface area contributed by atoms with Crippen LogP contribution in [0.15, 0.2) is 0 Å². The van der Waals surface area contributed by atoms with Gasteiger partial charge in [-0.25, -0.2) is 0 Å². The second-order valence-electron chi connectivity index (χ2n) is 4.67. The molecule has 0 bridgehead atoms. The van der Waals surface area contributed by atoms with Gasteiger partial charge in [0.2, 0.25) is 11.8 Å². The number of rotatable bonds is 2. The van der Waals surface area contributed by atoms with Gasteiger partial charge in [-0.2, -0.15) is 0 Å². The molecule has 2 saturated heterocycles. The number of likely N-dealkylation sites (tertiary alicyclic amines) is 1. The fraction of sp³-hybridized carbons (Fsp3) is 0.818. The molecule has 0 radical (unpaired) electrons. The smallest absolute Gasteiger partial charge is 0.233 e. The molecule has 90 valence electrons. The molecule has 2 fully saturated rings. The van der Waals surface area contributed by atoms with E-state index in [-0.39, 0.29) is 30.8 Å². The van der Waals surface area contributed by atoms with Gasteiger partial charge in [0.1, 0.15) is 0 Å². The van der Waals surface area contributed by atoms with Crippen molar-refractivity contribution in [1.29, 1.82) is 0 Å². The van der Waals surface area contributed by atoms with Gasteiger partial charge in [0.15, 0.2) is 0 Å². The van der Waals surface area contributed by atoms with E-state index < -0.39 is 5.54 Å². The largest absolute Gasteiger partial charge is 0.394 e. The lowest BCUT2D eigenvalue weighted by molar-refractivity contribution is -0.153. The predicted molar refractivity (Wildman–Crippen MR) is 55.5 cm³/mol. The Labute approximate surface area is 94.4 Å². The van der Waals surface area contributed by atoms with Gasteiger partial charge in [-0.15, -0.1) is 0 Å². The third kappa shape index (κ3) is 1.64. The number of hydrogen-bond acceptors (Lipinski definition) is 4. The normalized spacial score (nSPS) is 29.9. The zero-order chi connectivity index (χ0) is 11.8. The molecule has 1 unspecified atom stereocenters. The number of aliphatic hydroxyl groups is 1. The fourth-order valence-corrected chi connectivity index (χ4v) is 2.49. The number of ether oxygens (including phenoxy) is 1. The Balaban J connectivity index is 2.26. The van der Waals surface area contributed by atoms with Gasteiger partial charge < -0.3 is 9.84 Å². The van der Waals surface area contributed by atoms with Gasteiger partial charge in [0.05, 0.1) is 12.1 Å². The first-order chi connectivity index (χ1) is 7.60. The lowest BCUT2D eigenvalue weighted by atomic mass is 9.89. The van der Waals surface area contributed by atoms with Crippen LogP contribution >= 0.6 is 0 Å². The Hall–Kier alpha value is -0.940. The standard InChI is InChI=1S/C11H17NO4/c1-8-6-9(14)12(10(8)15)11(7-13)2-4-16-5-3-11/h8,13H,2-7H2,1H3. The molecule has 0 saturated carbocycles. The summed E-state index contributed by atoms with van der Waals surface area (Å²) in [6, 6.07) is 0. The zero-order valence-electron chi connectivity index (χ0n) is 9.44. The van der Waals surface area contributed by atoms with E-state index in [0.717, 1.165) is 0 Å². The second-order valence-corrected chi connectivity index (χ2v) is 4.67.